The van der Waals surface area contributed by atoms with E-state index in [1.807, 2.05) is 4.90 Å². The van der Waals surface area contributed by atoms with Crippen LogP contribution in [-0.4, -0.2) is 38.8 Å². The molecule has 2 aliphatic heterocycles. The van der Waals surface area contributed by atoms with E-state index in [1.165, 1.54) is 23.4 Å². The first-order valence-corrected chi connectivity index (χ1v) is 9.71. The Morgan fingerprint density at radius 1 is 1.04 bits per heavy atom. The minimum absolute atomic E-state index is 0.176. The quantitative estimate of drug-likeness (QED) is 0.809. The molecule has 142 valence electrons. The Morgan fingerprint density at radius 2 is 1.81 bits per heavy atom. The second-order valence-corrected chi connectivity index (χ2v) is 7.19. The highest BCUT2D eigenvalue weighted by Crippen LogP contribution is 2.33. The second kappa shape index (κ2) is 8.09. The van der Waals surface area contributed by atoms with Crippen LogP contribution in [0.3, 0.4) is 0 Å². The molecule has 2 aromatic rings. The first-order valence-electron chi connectivity index (χ1n) is 9.71. The highest BCUT2D eigenvalue weighted by Gasteiger charge is 2.25. The van der Waals surface area contributed by atoms with Crippen molar-refractivity contribution in [3.05, 3.63) is 59.4 Å². The molecule has 0 aromatic heterocycles. The first kappa shape index (κ1) is 18.0. The van der Waals surface area contributed by atoms with Crippen LogP contribution in [0.5, 0.6) is 0 Å². The molecule has 0 unspecified atom stereocenters. The number of ether oxygens (including phenoxy) is 1. The van der Waals surface area contributed by atoms with Crippen molar-refractivity contribution < 1.29 is 13.9 Å². The van der Waals surface area contributed by atoms with Crippen LogP contribution >= 0.6 is 0 Å². The molecule has 0 atom stereocenters. The van der Waals surface area contributed by atoms with Gasteiger partial charge in [0.25, 0.3) is 0 Å². The van der Waals surface area contributed by atoms with E-state index < -0.39 is 0 Å². The van der Waals surface area contributed by atoms with Crippen molar-refractivity contribution in [1.82, 2.24) is 0 Å². The lowest BCUT2D eigenvalue weighted by atomic mass is 10.1. The normalized spacial score (nSPS) is 16.5. The minimum atomic E-state index is -0.223. The summed E-state index contributed by atoms with van der Waals surface area (Å²) in [5.41, 5.74) is 4.55. The van der Waals surface area contributed by atoms with Gasteiger partial charge in [-0.1, -0.05) is 18.2 Å². The minimum Gasteiger partial charge on any atom is -0.378 e. The lowest BCUT2D eigenvalue weighted by molar-refractivity contribution is -0.118. The molecule has 2 heterocycles. The zero-order valence-electron chi connectivity index (χ0n) is 15.5. The standard InChI is InChI=1S/C22H25FN2O2/c23-19-7-4-17(5-8-19)2-1-3-22(26)25-11-10-18-6-9-20(16-21(18)25)24-12-14-27-15-13-24/h4-9,16H,1-3,10-15H2. The molecule has 0 N–H and O–H groups in total. The van der Waals surface area contributed by atoms with Gasteiger partial charge in [-0.15, -0.1) is 0 Å². The Balaban J connectivity index is 1.38. The fourth-order valence-electron chi connectivity index (χ4n) is 3.87. The summed E-state index contributed by atoms with van der Waals surface area (Å²) in [6.45, 7) is 4.05. The molecule has 0 aliphatic carbocycles. The number of fused-ring (bicyclic) bond motifs is 1. The monoisotopic (exact) mass is 368 g/mol. The number of nitrogens with zero attached hydrogens (tertiary/aromatic N) is 2. The molecule has 1 saturated heterocycles. The molecule has 4 rings (SSSR count). The number of carbonyl (C=O) groups is 1. The lowest BCUT2D eigenvalue weighted by Gasteiger charge is -2.29. The number of hydrogen-bond acceptors (Lipinski definition) is 3. The van der Waals surface area contributed by atoms with Gasteiger partial charge < -0.3 is 14.5 Å². The molecule has 4 nitrogen and oxygen atoms in total. The third kappa shape index (κ3) is 4.14. The van der Waals surface area contributed by atoms with E-state index in [9.17, 15) is 9.18 Å². The molecular formula is C22H25FN2O2. The van der Waals surface area contributed by atoms with Crippen molar-refractivity contribution in [3.8, 4) is 0 Å². The van der Waals surface area contributed by atoms with E-state index in [2.05, 4.69) is 23.1 Å². The summed E-state index contributed by atoms with van der Waals surface area (Å²) in [5.74, 6) is -0.0467. The topological polar surface area (TPSA) is 32.8 Å². The van der Waals surface area contributed by atoms with Crippen molar-refractivity contribution in [3.63, 3.8) is 0 Å². The van der Waals surface area contributed by atoms with Gasteiger partial charge in [-0.2, -0.15) is 0 Å². The predicted octanol–water partition coefficient (Wildman–Crippen LogP) is 3.57. The van der Waals surface area contributed by atoms with E-state index in [4.69, 9.17) is 4.74 Å². The average molecular weight is 368 g/mol. The fourth-order valence-corrected chi connectivity index (χ4v) is 3.87. The van der Waals surface area contributed by atoms with Crippen LogP contribution in [0.1, 0.15) is 24.0 Å². The van der Waals surface area contributed by atoms with Gasteiger partial charge in [0, 0.05) is 37.4 Å². The second-order valence-electron chi connectivity index (χ2n) is 7.19. The maximum atomic E-state index is 13.0. The SMILES string of the molecule is O=C(CCCc1ccc(F)cc1)N1CCc2ccc(N3CCOCC3)cc21. The third-order valence-corrected chi connectivity index (χ3v) is 5.41. The van der Waals surface area contributed by atoms with Crippen LogP contribution in [0.4, 0.5) is 15.8 Å². The van der Waals surface area contributed by atoms with E-state index in [0.29, 0.717) is 6.42 Å². The zero-order valence-corrected chi connectivity index (χ0v) is 15.5. The van der Waals surface area contributed by atoms with Crippen LogP contribution in [-0.2, 0) is 22.4 Å². The molecule has 0 saturated carbocycles. The van der Waals surface area contributed by atoms with Gasteiger partial charge in [-0.05, 0) is 54.7 Å². The smallest absolute Gasteiger partial charge is 0.227 e. The molecular weight excluding hydrogens is 343 g/mol. The van der Waals surface area contributed by atoms with Gasteiger partial charge in [0.15, 0.2) is 0 Å². The van der Waals surface area contributed by atoms with Crippen molar-refractivity contribution in [2.24, 2.45) is 0 Å². The summed E-state index contributed by atoms with van der Waals surface area (Å²) >= 11 is 0. The number of halogens is 1. The molecule has 5 heteroatoms. The van der Waals surface area contributed by atoms with Gasteiger partial charge in [-0.25, -0.2) is 4.39 Å². The average Bonchev–Trinajstić information content (AvgIpc) is 3.13. The van der Waals surface area contributed by atoms with E-state index in [0.717, 1.165) is 63.4 Å². The molecule has 0 spiro atoms. The summed E-state index contributed by atoms with van der Waals surface area (Å²) in [7, 11) is 0. The zero-order chi connectivity index (χ0) is 18.6. The largest absolute Gasteiger partial charge is 0.378 e. The summed E-state index contributed by atoms with van der Waals surface area (Å²) in [5, 5.41) is 0. The summed E-state index contributed by atoms with van der Waals surface area (Å²) in [6.07, 6.45) is 3.00. The van der Waals surface area contributed by atoms with Gasteiger partial charge in [0.05, 0.1) is 13.2 Å². The maximum absolute atomic E-state index is 13.0. The molecule has 0 radical (unpaired) electrons. The fraction of sp³-hybridized carbons (Fsp3) is 0.409. The van der Waals surface area contributed by atoms with Crippen molar-refractivity contribution >= 4 is 17.3 Å². The number of carbonyl (C=O) groups excluding carboxylic acids is 1. The van der Waals surface area contributed by atoms with E-state index >= 15 is 0 Å². The first-order chi connectivity index (χ1) is 13.2. The highest BCUT2D eigenvalue weighted by molar-refractivity contribution is 5.96. The number of anilines is 2. The van der Waals surface area contributed by atoms with Crippen LogP contribution < -0.4 is 9.80 Å². The van der Waals surface area contributed by atoms with Gasteiger partial charge >= 0.3 is 0 Å². The Labute approximate surface area is 159 Å². The van der Waals surface area contributed by atoms with Crippen molar-refractivity contribution in [2.45, 2.75) is 25.7 Å². The third-order valence-electron chi connectivity index (χ3n) is 5.41. The van der Waals surface area contributed by atoms with Crippen LogP contribution in [0.2, 0.25) is 0 Å². The maximum Gasteiger partial charge on any atom is 0.227 e. The Hall–Kier alpha value is -2.40. The summed E-state index contributed by atoms with van der Waals surface area (Å²) in [6, 6.07) is 13.0. The van der Waals surface area contributed by atoms with Crippen LogP contribution in [0.25, 0.3) is 0 Å². The van der Waals surface area contributed by atoms with Crippen LogP contribution in [0.15, 0.2) is 42.5 Å². The molecule has 1 fully saturated rings. The Kier molecular flexibility index (Phi) is 5.39. The summed E-state index contributed by atoms with van der Waals surface area (Å²) < 4.78 is 18.4. The van der Waals surface area contributed by atoms with E-state index in [-0.39, 0.29) is 11.7 Å². The van der Waals surface area contributed by atoms with Crippen LogP contribution in [0, 0.1) is 5.82 Å². The van der Waals surface area contributed by atoms with Crippen molar-refractivity contribution in [1.29, 1.82) is 0 Å². The van der Waals surface area contributed by atoms with Gasteiger partial charge in [0.2, 0.25) is 5.91 Å². The predicted molar refractivity (Wildman–Crippen MR) is 105 cm³/mol. The lowest BCUT2D eigenvalue weighted by Crippen LogP contribution is -2.36. The molecule has 0 bridgehead atoms. The number of morpholine rings is 1. The Bertz CT molecular complexity index is 800. The van der Waals surface area contributed by atoms with Crippen molar-refractivity contribution in [2.75, 3.05) is 42.6 Å². The number of aryl methyl sites for hydroxylation is 1. The number of rotatable bonds is 5. The van der Waals surface area contributed by atoms with Gasteiger partial charge in [0.1, 0.15) is 5.82 Å². The molecule has 1 amide bonds. The number of hydrogen-bond donors (Lipinski definition) is 0. The van der Waals surface area contributed by atoms with Gasteiger partial charge in [-0.3, -0.25) is 4.79 Å². The number of benzene rings is 2. The van der Waals surface area contributed by atoms with E-state index in [1.54, 1.807) is 12.1 Å². The molecule has 2 aliphatic rings. The molecule has 27 heavy (non-hydrogen) atoms. The number of amides is 1. The molecule has 2 aromatic carbocycles. The summed E-state index contributed by atoms with van der Waals surface area (Å²) in [4.78, 5) is 17.0. The Morgan fingerprint density at radius 3 is 2.59 bits per heavy atom. The highest BCUT2D eigenvalue weighted by atomic mass is 19.1.